The number of hydrogen-bond donors (Lipinski definition) is 4. The van der Waals surface area contributed by atoms with Crippen LogP contribution in [-0.2, 0) is 4.79 Å². The average molecular weight is 239 g/mol. The highest BCUT2D eigenvalue weighted by atomic mass is 16.4. The van der Waals surface area contributed by atoms with Crippen molar-refractivity contribution < 1.29 is 24.9 Å². The van der Waals surface area contributed by atoms with Gasteiger partial charge >= 0.3 is 5.97 Å². The lowest BCUT2D eigenvalue weighted by atomic mass is 10.1. The molecule has 0 fully saturated rings. The van der Waals surface area contributed by atoms with Gasteiger partial charge in [-0.2, -0.15) is 0 Å². The molecule has 17 heavy (non-hydrogen) atoms. The van der Waals surface area contributed by atoms with Crippen molar-refractivity contribution in [3.05, 3.63) is 23.8 Å². The summed E-state index contributed by atoms with van der Waals surface area (Å²) < 4.78 is 0. The molecule has 1 aromatic rings. The van der Waals surface area contributed by atoms with Gasteiger partial charge in [-0.3, -0.25) is 9.59 Å². The smallest absolute Gasteiger partial charge is 0.308 e. The minimum absolute atomic E-state index is 0.0523. The normalized spacial score (nSPS) is 11.8. The van der Waals surface area contributed by atoms with Crippen molar-refractivity contribution in [2.24, 2.45) is 5.92 Å². The molecule has 0 radical (unpaired) electrons. The number of carbonyl (C=O) groups is 2. The van der Waals surface area contributed by atoms with Crippen molar-refractivity contribution in [3.63, 3.8) is 0 Å². The Kier molecular flexibility index (Phi) is 3.92. The van der Waals surface area contributed by atoms with Crippen LogP contribution in [0, 0.1) is 5.92 Å². The number of hydrogen-bond acceptors (Lipinski definition) is 4. The molecule has 6 heteroatoms. The molecule has 1 unspecified atom stereocenters. The first-order valence-electron chi connectivity index (χ1n) is 4.95. The van der Waals surface area contributed by atoms with Crippen LogP contribution in [0.5, 0.6) is 11.5 Å². The summed E-state index contributed by atoms with van der Waals surface area (Å²) in [5, 5.41) is 29.6. The number of nitrogens with one attached hydrogen (secondary N) is 1. The largest absolute Gasteiger partial charge is 0.504 e. The fourth-order valence-electron chi connectivity index (χ4n) is 1.14. The standard InChI is InChI=1S/C11H13NO5/c1-6(11(16)17)5-12-10(15)7-3-2-4-8(13)9(7)14/h2-4,6,13-14H,5H2,1H3,(H,12,15)(H,16,17). The van der Waals surface area contributed by atoms with Gasteiger partial charge in [0.1, 0.15) is 0 Å². The molecule has 1 amide bonds. The number of carboxylic acid groups (broad SMARTS) is 1. The molecular formula is C11H13NO5. The summed E-state index contributed by atoms with van der Waals surface area (Å²) in [5.74, 6) is -3.30. The summed E-state index contributed by atoms with van der Waals surface area (Å²) in [7, 11) is 0. The molecule has 1 rings (SSSR count). The third-order valence-electron chi connectivity index (χ3n) is 2.25. The van der Waals surface area contributed by atoms with Crippen molar-refractivity contribution >= 4 is 11.9 Å². The SMILES string of the molecule is CC(CNC(=O)c1cccc(O)c1O)C(=O)O. The van der Waals surface area contributed by atoms with Gasteiger partial charge in [0.2, 0.25) is 0 Å². The second-order valence-corrected chi connectivity index (χ2v) is 3.62. The van der Waals surface area contributed by atoms with Gasteiger partial charge in [0.25, 0.3) is 5.91 Å². The molecule has 0 aliphatic rings. The van der Waals surface area contributed by atoms with Crippen molar-refractivity contribution in [1.82, 2.24) is 5.32 Å². The van der Waals surface area contributed by atoms with Crippen LogP contribution in [0.3, 0.4) is 0 Å². The van der Waals surface area contributed by atoms with E-state index in [4.69, 9.17) is 5.11 Å². The van der Waals surface area contributed by atoms with Crippen LogP contribution in [-0.4, -0.2) is 33.7 Å². The van der Waals surface area contributed by atoms with E-state index < -0.39 is 29.3 Å². The number of phenols is 2. The summed E-state index contributed by atoms with van der Waals surface area (Å²) in [6.45, 7) is 1.40. The Labute approximate surface area is 97.5 Å². The van der Waals surface area contributed by atoms with Crippen LogP contribution in [0.2, 0.25) is 0 Å². The second-order valence-electron chi connectivity index (χ2n) is 3.62. The Morgan fingerprint density at radius 3 is 2.59 bits per heavy atom. The van der Waals surface area contributed by atoms with Crippen LogP contribution in [0.4, 0.5) is 0 Å². The zero-order valence-electron chi connectivity index (χ0n) is 9.17. The highest BCUT2D eigenvalue weighted by Crippen LogP contribution is 2.27. The number of aromatic hydroxyl groups is 2. The molecule has 0 saturated carbocycles. The Hall–Kier alpha value is -2.24. The monoisotopic (exact) mass is 239 g/mol. The van der Waals surface area contributed by atoms with E-state index >= 15 is 0 Å². The summed E-state index contributed by atoms with van der Waals surface area (Å²) in [5.41, 5.74) is -0.0948. The van der Waals surface area contributed by atoms with E-state index in [1.54, 1.807) is 0 Å². The molecular weight excluding hydrogens is 226 g/mol. The summed E-state index contributed by atoms with van der Waals surface area (Å²) in [6, 6.07) is 3.98. The number of rotatable bonds is 4. The topological polar surface area (TPSA) is 107 Å². The van der Waals surface area contributed by atoms with E-state index in [9.17, 15) is 19.8 Å². The zero-order chi connectivity index (χ0) is 13.0. The first kappa shape index (κ1) is 12.8. The molecule has 6 nitrogen and oxygen atoms in total. The van der Waals surface area contributed by atoms with E-state index in [0.717, 1.165) is 0 Å². The predicted octanol–water partition coefficient (Wildman–Crippen LogP) is 0.548. The number of aliphatic carboxylic acids is 1. The quantitative estimate of drug-likeness (QED) is 0.574. The number of amides is 1. The van der Waals surface area contributed by atoms with E-state index in [1.807, 2.05) is 0 Å². The van der Waals surface area contributed by atoms with Crippen molar-refractivity contribution in [2.45, 2.75) is 6.92 Å². The minimum atomic E-state index is -1.02. The molecule has 0 aliphatic carbocycles. The lowest BCUT2D eigenvalue weighted by Crippen LogP contribution is -2.31. The predicted molar refractivity (Wildman–Crippen MR) is 58.9 cm³/mol. The molecule has 1 atom stereocenters. The number of carboxylic acids is 1. The molecule has 0 spiro atoms. The Morgan fingerprint density at radius 2 is 2.00 bits per heavy atom. The number of para-hydroxylation sites is 1. The van der Waals surface area contributed by atoms with Gasteiger partial charge in [-0.05, 0) is 12.1 Å². The molecule has 0 heterocycles. The van der Waals surface area contributed by atoms with Gasteiger partial charge in [0.15, 0.2) is 11.5 Å². The van der Waals surface area contributed by atoms with Crippen molar-refractivity contribution in [3.8, 4) is 11.5 Å². The van der Waals surface area contributed by atoms with Crippen molar-refractivity contribution in [2.75, 3.05) is 6.54 Å². The van der Waals surface area contributed by atoms with Gasteiger partial charge in [-0.15, -0.1) is 0 Å². The maximum Gasteiger partial charge on any atom is 0.308 e. The third kappa shape index (κ3) is 3.10. The van der Waals surface area contributed by atoms with Gasteiger partial charge in [-0.25, -0.2) is 0 Å². The molecule has 0 saturated heterocycles. The molecule has 0 aromatic heterocycles. The molecule has 0 bridgehead atoms. The zero-order valence-corrected chi connectivity index (χ0v) is 9.17. The average Bonchev–Trinajstić information content (AvgIpc) is 2.29. The maximum absolute atomic E-state index is 11.6. The Morgan fingerprint density at radius 1 is 1.35 bits per heavy atom. The van der Waals surface area contributed by atoms with Gasteiger partial charge < -0.3 is 20.6 Å². The second kappa shape index (κ2) is 5.20. The number of benzene rings is 1. The van der Waals surface area contributed by atoms with E-state index in [2.05, 4.69) is 5.32 Å². The maximum atomic E-state index is 11.6. The van der Waals surface area contributed by atoms with Crippen LogP contribution in [0.25, 0.3) is 0 Å². The highest BCUT2D eigenvalue weighted by Gasteiger charge is 2.16. The van der Waals surface area contributed by atoms with Crippen LogP contribution >= 0.6 is 0 Å². The van der Waals surface area contributed by atoms with Crippen molar-refractivity contribution in [1.29, 1.82) is 0 Å². The summed E-state index contributed by atoms with van der Waals surface area (Å²) >= 11 is 0. The fourth-order valence-corrected chi connectivity index (χ4v) is 1.14. The molecule has 92 valence electrons. The van der Waals surface area contributed by atoms with E-state index in [1.165, 1.54) is 25.1 Å². The van der Waals surface area contributed by atoms with Gasteiger partial charge in [0.05, 0.1) is 11.5 Å². The van der Waals surface area contributed by atoms with Gasteiger partial charge in [0, 0.05) is 6.54 Å². The van der Waals surface area contributed by atoms with Gasteiger partial charge in [-0.1, -0.05) is 13.0 Å². The molecule has 4 N–H and O–H groups in total. The van der Waals surface area contributed by atoms with Crippen LogP contribution in [0.1, 0.15) is 17.3 Å². The molecule has 1 aromatic carbocycles. The van der Waals surface area contributed by atoms with E-state index in [0.29, 0.717) is 0 Å². The summed E-state index contributed by atoms with van der Waals surface area (Å²) in [6.07, 6.45) is 0. The number of carbonyl (C=O) groups excluding carboxylic acids is 1. The first-order valence-corrected chi connectivity index (χ1v) is 4.95. The number of phenolic OH excluding ortho intramolecular Hbond substituents is 2. The van der Waals surface area contributed by atoms with E-state index in [-0.39, 0.29) is 12.1 Å². The summed E-state index contributed by atoms with van der Waals surface area (Å²) in [4.78, 5) is 22.1. The Bertz CT molecular complexity index is 443. The molecule has 0 aliphatic heterocycles. The van der Waals surface area contributed by atoms with Crippen LogP contribution in [0.15, 0.2) is 18.2 Å². The fraction of sp³-hybridized carbons (Fsp3) is 0.273. The highest BCUT2D eigenvalue weighted by molar-refractivity contribution is 5.97. The third-order valence-corrected chi connectivity index (χ3v) is 2.25. The minimum Gasteiger partial charge on any atom is -0.504 e. The van der Waals surface area contributed by atoms with Crippen LogP contribution < -0.4 is 5.32 Å². The lowest BCUT2D eigenvalue weighted by Gasteiger charge is -2.09. The first-order chi connectivity index (χ1) is 7.93. The lowest BCUT2D eigenvalue weighted by molar-refractivity contribution is -0.140. The Balaban J connectivity index is 2.71.